The van der Waals surface area contributed by atoms with Crippen molar-refractivity contribution in [2.24, 2.45) is 7.05 Å². The summed E-state index contributed by atoms with van der Waals surface area (Å²) in [7, 11) is -2.13. The zero-order valence-corrected chi connectivity index (χ0v) is 14.6. The van der Waals surface area contributed by atoms with E-state index in [-0.39, 0.29) is 10.8 Å². The van der Waals surface area contributed by atoms with E-state index in [4.69, 9.17) is 11.6 Å². The first-order chi connectivity index (χ1) is 11.3. The van der Waals surface area contributed by atoms with Gasteiger partial charge in [-0.1, -0.05) is 29.8 Å². The molecule has 2 heterocycles. The second-order valence-corrected chi connectivity index (χ2v) is 7.27. The highest BCUT2D eigenvalue weighted by atomic mass is 35.5. The molecule has 0 radical (unpaired) electrons. The Bertz CT molecular complexity index is 979. The zero-order chi connectivity index (χ0) is 17.3. The van der Waals surface area contributed by atoms with Gasteiger partial charge in [0.1, 0.15) is 11.2 Å². The van der Waals surface area contributed by atoms with Crippen molar-refractivity contribution < 1.29 is 8.42 Å². The van der Waals surface area contributed by atoms with Crippen molar-refractivity contribution in [1.82, 2.24) is 24.5 Å². The van der Waals surface area contributed by atoms with Gasteiger partial charge in [-0.15, -0.1) is 5.10 Å². The van der Waals surface area contributed by atoms with Crippen LogP contribution in [0.15, 0.2) is 41.7 Å². The third-order valence-corrected chi connectivity index (χ3v) is 5.11. The molecule has 126 valence electrons. The van der Waals surface area contributed by atoms with Gasteiger partial charge in [0.25, 0.3) is 16.0 Å². The van der Waals surface area contributed by atoms with Crippen molar-refractivity contribution >= 4 is 27.6 Å². The van der Waals surface area contributed by atoms with Gasteiger partial charge in [-0.05, 0) is 18.6 Å². The van der Waals surface area contributed by atoms with Crippen molar-refractivity contribution in [3.05, 3.63) is 53.1 Å². The lowest BCUT2D eigenvalue weighted by molar-refractivity contribution is 0.600. The lowest BCUT2D eigenvalue weighted by atomic mass is 10.2. The number of nitrogens with zero attached hydrogens (tertiary/aromatic N) is 5. The molecule has 0 unspecified atom stereocenters. The highest BCUT2D eigenvalue weighted by Crippen LogP contribution is 2.18. The standard InChI is InChI=1S/C14H15ClN6O2S/c1-10-13(8-20(2)17-10)24(22,23)19-14-16-9-21(18-14)7-11-5-3-4-6-12(11)15/h3-6,8-9H,7H2,1-2H3,(H,18,19). The van der Waals surface area contributed by atoms with E-state index >= 15 is 0 Å². The Balaban J connectivity index is 1.79. The molecule has 0 atom stereocenters. The quantitative estimate of drug-likeness (QED) is 0.743. The number of benzene rings is 1. The Morgan fingerprint density at radius 2 is 2.00 bits per heavy atom. The molecule has 0 amide bonds. The van der Waals surface area contributed by atoms with Gasteiger partial charge in [0, 0.05) is 18.3 Å². The van der Waals surface area contributed by atoms with E-state index in [0.717, 1.165) is 5.56 Å². The smallest absolute Gasteiger partial charge is 0.267 e. The normalized spacial score (nSPS) is 11.6. The van der Waals surface area contributed by atoms with Crippen LogP contribution in [0.5, 0.6) is 0 Å². The molecule has 0 fully saturated rings. The van der Waals surface area contributed by atoms with Crippen molar-refractivity contribution in [2.45, 2.75) is 18.4 Å². The number of anilines is 1. The van der Waals surface area contributed by atoms with Crippen molar-refractivity contribution in [1.29, 1.82) is 0 Å². The highest BCUT2D eigenvalue weighted by Gasteiger charge is 2.21. The van der Waals surface area contributed by atoms with Crippen LogP contribution in [0.25, 0.3) is 0 Å². The first-order valence-corrected chi connectivity index (χ1v) is 8.87. The Labute approximate surface area is 144 Å². The number of hydrogen-bond donors (Lipinski definition) is 1. The molecule has 2 aromatic heterocycles. The molecule has 24 heavy (non-hydrogen) atoms. The van der Waals surface area contributed by atoms with Gasteiger partial charge in [-0.2, -0.15) is 10.1 Å². The number of rotatable bonds is 5. The summed E-state index contributed by atoms with van der Waals surface area (Å²) >= 11 is 6.10. The van der Waals surface area contributed by atoms with E-state index in [2.05, 4.69) is 19.9 Å². The second kappa shape index (κ2) is 6.25. The number of nitrogens with one attached hydrogen (secondary N) is 1. The first kappa shape index (κ1) is 16.5. The number of aryl methyl sites for hydroxylation is 2. The number of aromatic nitrogens is 5. The molecule has 0 aliphatic heterocycles. The molecule has 3 rings (SSSR count). The number of hydrogen-bond acceptors (Lipinski definition) is 5. The Hall–Kier alpha value is -2.39. The maximum Gasteiger partial charge on any atom is 0.267 e. The van der Waals surface area contributed by atoms with Gasteiger partial charge < -0.3 is 0 Å². The average Bonchev–Trinajstić information content (AvgIpc) is 3.07. The van der Waals surface area contributed by atoms with E-state index < -0.39 is 10.0 Å². The fraction of sp³-hybridized carbons (Fsp3) is 0.214. The molecule has 1 N–H and O–H groups in total. The molecule has 0 bridgehead atoms. The molecule has 8 nitrogen and oxygen atoms in total. The minimum atomic E-state index is -3.79. The molecule has 0 saturated heterocycles. The Kier molecular flexibility index (Phi) is 4.29. The van der Waals surface area contributed by atoms with Crippen molar-refractivity contribution in [3.63, 3.8) is 0 Å². The average molecular weight is 367 g/mol. The Morgan fingerprint density at radius 3 is 2.67 bits per heavy atom. The van der Waals surface area contributed by atoms with Gasteiger partial charge in [-0.3, -0.25) is 4.68 Å². The monoisotopic (exact) mass is 366 g/mol. The number of sulfonamides is 1. The maximum absolute atomic E-state index is 12.4. The summed E-state index contributed by atoms with van der Waals surface area (Å²) in [4.78, 5) is 4.07. The minimum absolute atomic E-state index is 0.00898. The van der Waals surface area contributed by atoms with Crippen LogP contribution in [0.2, 0.25) is 5.02 Å². The van der Waals surface area contributed by atoms with E-state index in [0.29, 0.717) is 17.3 Å². The number of halogens is 1. The summed E-state index contributed by atoms with van der Waals surface area (Å²) in [5, 5.41) is 8.76. The Morgan fingerprint density at radius 1 is 1.25 bits per heavy atom. The first-order valence-electron chi connectivity index (χ1n) is 7.01. The lowest BCUT2D eigenvalue weighted by Crippen LogP contribution is -2.15. The molecule has 0 aliphatic rings. The van der Waals surface area contributed by atoms with Gasteiger partial charge >= 0.3 is 0 Å². The van der Waals surface area contributed by atoms with Gasteiger partial charge in [0.15, 0.2) is 0 Å². The van der Waals surface area contributed by atoms with Crippen LogP contribution in [-0.4, -0.2) is 33.0 Å². The zero-order valence-electron chi connectivity index (χ0n) is 13.0. The van der Waals surface area contributed by atoms with Crippen molar-refractivity contribution in [2.75, 3.05) is 4.72 Å². The summed E-state index contributed by atoms with van der Waals surface area (Å²) in [6.45, 7) is 2.01. The van der Waals surface area contributed by atoms with Crippen LogP contribution in [0.3, 0.4) is 0 Å². The van der Waals surface area contributed by atoms with Crippen LogP contribution in [0.4, 0.5) is 5.95 Å². The summed E-state index contributed by atoms with van der Waals surface area (Å²) in [5.74, 6) is -0.00898. The maximum atomic E-state index is 12.4. The van der Waals surface area contributed by atoms with E-state index in [1.165, 1.54) is 21.9 Å². The molecule has 0 saturated carbocycles. The minimum Gasteiger partial charge on any atom is -0.274 e. The topological polar surface area (TPSA) is 94.7 Å². The van der Waals surface area contributed by atoms with Crippen LogP contribution < -0.4 is 4.72 Å². The third-order valence-electron chi connectivity index (χ3n) is 3.31. The molecule has 0 aliphatic carbocycles. The highest BCUT2D eigenvalue weighted by molar-refractivity contribution is 7.92. The summed E-state index contributed by atoms with van der Waals surface area (Å²) in [5.41, 5.74) is 1.27. The van der Waals surface area contributed by atoms with Gasteiger partial charge in [0.2, 0.25) is 0 Å². The largest absolute Gasteiger partial charge is 0.274 e. The van der Waals surface area contributed by atoms with E-state index in [9.17, 15) is 8.42 Å². The fourth-order valence-corrected chi connectivity index (χ4v) is 3.60. The summed E-state index contributed by atoms with van der Waals surface area (Å²) < 4.78 is 30.1. The van der Waals surface area contributed by atoms with Crippen LogP contribution >= 0.6 is 11.6 Å². The molecule has 3 aromatic rings. The molecule has 1 aromatic carbocycles. The second-order valence-electron chi connectivity index (χ2n) is 5.22. The lowest BCUT2D eigenvalue weighted by Gasteiger charge is -2.04. The predicted octanol–water partition coefficient (Wildman–Crippen LogP) is 1.82. The predicted molar refractivity (Wildman–Crippen MR) is 89.3 cm³/mol. The van der Waals surface area contributed by atoms with Crippen molar-refractivity contribution in [3.8, 4) is 0 Å². The third kappa shape index (κ3) is 3.41. The summed E-state index contributed by atoms with van der Waals surface area (Å²) in [6, 6.07) is 7.35. The molecule has 10 heteroatoms. The molecule has 0 spiro atoms. The van der Waals surface area contributed by atoms with Crippen LogP contribution in [0.1, 0.15) is 11.3 Å². The van der Waals surface area contributed by atoms with E-state index in [1.807, 2.05) is 18.2 Å². The van der Waals surface area contributed by atoms with Gasteiger partial charge in [0.05, 0.1) is 12.2 Å². The van der Waals surface area contributed by atoms with Crippen LogP contribution in [0, 0.1) is 6.92 Å². The van der Waals surface area contributed by atoms with Crippen LogP contribution in [-0.2, 0) is 23.6 Å². The van der Waals surface area contributed by atoms with E-state index in [1.54, 1.807) is 20.0 Å². The van der Waals surface area contributed by atoms with Gasteiger partial charge in [-0.25, -0.2) is 17.8 Å². The molecular weight excluding hydrogens is 352 g/mol. The molecular formula is C14H15ClN6O2S. The SMILES string of the molecule is Cc1nn(C)cc1S(=O)(=O)Nc1ncn(Cc2ccccc2Cl)n1. The fourth-order valence-electron chi connectivity index (χ4n) is 2.24. The summed E-state index contributed by atoms with van der Waals surface area (Å²) in [6.07, 6.45) is 2.87.